The highest BCUT2D eigenvalue weighted by atomic mass is 16.7. The Morgan fingerprint density at radius 2 is 2.62 bits per heavy atom. The van der Waals surface area contributed by atoms with E-state index in [0.717, 1.165) is 32.5 Å². The van der Waals surface area contributed by atoms with Crippen molar-refractivity contribution in [2.24, 2.45) is 0 Å². The summed E-state index contributed by atoms with van der Waals surface area (Å²) in [4.78, 5) is 0. The second-order valence-corrected chi connectivity index (χ2v) is 3.28. The van der Waals surface area contributed by atoms with Gasteiger partial charge in [-0.2, -0.15) is 0 Å². The van der Waals surface area contributed by atoms with Crippen molar-refractivity contribution < 1.29 is 10.8 Å². The Morgan fingerprint density at radius 1 is 1.62 bits per heavy atom. The maximum atomic E-state index is 6.91. The molecular weight excluding hydrogens is 164 g/mol. The summed E-state index contributed by atoms with van der Waals surface area (Å²) >= 11 is 0. The zero-order valence-corrected chi connectivity index (χ0v) is 8.21. The van der Waals surface area contributed by atoms with Crippen molar-refractivity contribution in [3.05, 3.63) is 12.2 Å². The Bertz CT molecular complexity index is 153. The zero-order chi connectivity index (χ0) is 10.1. The molecule has 0 N–H and O–H groups in total. The van der Waals surface area contributed by atoms with Crippen LogP contribution in [0.4, 0.5) is 0 Å². The van der Waals surface area contributed by atoms with Crippen LogP contribution in [0, 0.1) is 0 Å². The number of rotatable bonds is 5. The summed E-state index contributed by atoms with van der Waals surface area (Å²) in [5.41, 5.74) is 0. The molecule has 76 valence electrons. The predicted octanol–water partition coefficient (Wildman–Crippen LogP) is 2.89. The lowest BCUT2D eigenvalue weighted by Crippen LogP contribution is -2.22. The third kappa shape index (κ3) is 5.06. The SMILES string of the molecule is [2H]C/C=C\CCCOC1CCCCO1. The second kappa shape index (κ2) is 7.10. The molecule has 0 amide bonds. The van der Waals surface area contributed by atoms with E-state index in [1.807, 2.05) is 12.2 Å². The quantitative estimate of drug-likeness (QED) is 0.484. The van der Waals surface area contributed by atoms with Crippen LogP contribution in [-0.4, -0.2) is 19.5 Å². The van der Waals surface area contributed by atoms with Gasteiger partial charge in [-0.15, -0.1) is 0 Å². The fourth-order valence-electron chi connectivity index (χ4n) is 1.38. The van der Waals surface area contributed by atoms with Gasteiger partial charge in [0.05, 0.1) is 6.61 Å². The molecule has 0 aromatic rings. The fraction of sp³-hybridized carbons (Fsp3) is 0.818. The molecule has 0 radical (unpaired) electrons. The van der Waals surface area contributed by atoms with E-state index >= 15 is 0 Å². The van der Waals surface area contributed by atoms with Gasteiger partial charge in [-0.05, 0) is 39.0 Å². The van der Waals surface area contributed by atoms with E-state index < -0.39 is 0 Å². The molecule has 1 unspecified atom stereocenters. The van der Waals surface area contributed by atoms with Crippen molar-refractivity contribution in [3.8, 4) is 0 Å². The Labute approximate surface area is 82.3 Å². The van der Waals surface area contributed by atoms with Gasteiger partial charge in [-0.1, -0.05) is 12.2 Å². The third-order valence-corrected chi connectivity index (χ3v) is 2.12. The van der Waals surface area contributed by atoms with Gasteiger partial charge >= 0.3 is 0 Å². The first-order chi connectivity index (χ1) is 6.93. The largest absolute Gasteiger partial charge is 0.353 e. The lowest BCUT2D eigenvalue weighted by atomic mass is 10.2. The molecule has 0 bridgehead atoms. The molecule has 0 aromatic carbocycles. The van der Waals surface area contributed by atoms with Crippen LogP contribution in [0.3, 0.4) is 0 Å². The number of ether oxygens (including phenoxy) is 2. The minimum absolute atomic E-state index is 0.0453. The normalized spacial score (nSPS) is 24.9. The molecule has 0 spiro atoms. The van der Waals surface area contributed by atoms with Crippen molar-refractivity contribution in [1.29, 1.82) is 0 Å². The van der Waals surface area contributed by atoms with Crippen LogP contribution in [0.15, 0.2) is 12.2 Å². The van der Waals surface area contributed by atoms with E-state index in [0.29, 0.717) is 6.90 Å². The van der Waals surface area contributed by atoms with Crippen LogP contribution in [0.2, 0.25) is 0 Å². The second-order valence-electron chi connectivity index (χ2n) is 3.28. The van der Waals surface area contributed by atoms with E-state index in [-0.39, 0.29) is 6.29 Å². The molecule has 1 atom stereocenters. The minimum atomic E-state index is 0.0453. The molecule has 1 rings (SSSR count). The zero-order valence-electron chi connectivity index (χ0n) is 9.21. The van der Waals surface area contributed by atoms with Gasteiger partial charge in [0.1, 0.15) is 0 Å². The summed E-state index contributed by atoms with van der Waals surface area (Å²) in [6.45, 7) is 2.00. The fourth-order valence-corrected chi connectivity index (χ4v) is 1.38. The third-order valence-electron chi connectivity index (χ3n) is 2.12. The van der Waals surface area contributed by atoms with Crippen molar-refractivity contribution in [1.82, 2.24) is 0 Å². The van der Waals surface area contributed by atoms with Crippen LogP contribution in [0.5, 0.6) is 0 Å². The van der Waals surface area contributed by atoms with Crippen molar-refractivity contribution in [3.63, 3.8) is 0 Å². The van der Waals surface area contributed by atoms with Crippen molar-refractivity contribution in [2.75, 3.05) is 13.2 Å². The topological polar surface area (TPSA) is 18.5 Å². The van der Waals surface area contributed by atoms with Gasteiger partial charge in [0, 0.05) is 7.98 Å². The number of allylic oxidation sites excluding steroid dienone is 2. The molecule has 1 aliphatic rings. The average Bonchev–Trinajstić information content (AvgIpc) is 2.25. The Kier molecular flexibility index (Phi) is 5.04. The van der Waals surface area contributed by atoms with Crippen molar-refractivity contribution >= 4 is 0 Å². The lowest BCUT2D eigenvalue weighted by molar-refractivity contribution is -0.162. The maximum absolute atomic E-state index is 6.91. The summed E-state index contributed by atoms with van der Waals surface area (Å²) < 4.78 is 17.9. The van der Waals surface area contributed by atoms with Crippen molar-refractivity contribution in [2.45, 2.75) is 45.3 Å². The van der Waals surface area contributed by atoms with Crippen LogP contribution in [0.1, 0.15) is 40.4 Å². The van der Waals surface area contributed by atoms with Gasteiger partial charge in [-0.25, -0.2) is 0 Å². The molecule has 1 aliphatic heterocycles. The van der Waals surface area contributed by atoms with E-state index in [1.54, 1.807) is 0 Å². The highest BCUT2D eigenvalue weighted by molar-refractivity contribution is 4.76. The highest BCUT2D eigenvalue weighted by Crippen LogP contribution is 2.13. The number of hydrogen-bond acceptors (Lipinski definition) is 2. The van der Waals surface area contributed by atoms with Gasteiger partial charge in [0.15, 0.2) is 6.29 Å². The Hall–Kier alpha value is -0.340. The van der Waals surface area contributed by atoms with Crippen LogP contribution in [0.25, 0.3) is 0 Å². The van der Waals surface area contributed by atoms with E-state index in [2.05, 4.69) is 0 Å². The standard InChI is InChI=1S/C11H20O2/c1-2-3-4-6-9-12-11-8-5-7-10-13-11/h2-3,11H,4-10H2,1H3/b3-2-/i1D. The molecule has 0 aromatic heterocycles. The predicted molar refractivity (Wildman–Crippen MR) is 53.6 cm³/mol. The molecule has 1 saturated heterocycles. The smallest absolute Gasteiger partial charge is 0.157 e. The maximum Gasteiger partial charge on any atom is 0.157 e. The highest BCUT2D eigenvalue weighted by Gasteiger charge is 2.12. The first-order valence-corrected chi connectivity index (χ1v) is 5.11. The summed E-state index contributed by atoms with van der Waals surface area (Å²) in [7, 11) is 0. The molecule has 1 heterocycles. The molecular formula is C11H20O2. The van der Waals surface area contributed by atoms with E-state index in [4.69, 9.17) is 10.8 Å². The summed E-state index contributed by atoms with van der Waals surface area (Å²) in [6.07, 6.45) is 9.43. The molecule has 0 saturated carbocycles. The Morgan fingerprint density at radius 3 is 3.38 bits per heavy atom. The minimum Gasteiger partial charge on any atom is -0.353 e. The van der Waals surface area contributed by atoms with Gasteiger partial charge in [0.2, 0.25) is 0 Å². The van der Waals surface area contributed by atoms with Crippen LogP contribution < -0.4 is 0 Å². The molecule has 0 aliphatic carbocycles. The molecule has 13 heavy (non-hydrogen) atoms. The summed E-state index contributed by atoms with van der Waals surface area (Å²) in [5, 5.41) is 0. The van der Waals surface area contributed by atoms with E-state index in [9.17, 15) is 0 Å². The monoisotopic (exact) mass is 185 g/mol. The Balaban J connectivity index is 1.89. The lowest BCUT2D eigenvalue weighted by Gasteiger charge is -2.22. The van der Waals surface area contributed by atoms with Gasteiger partial charge in [-0.3, -0.25) is 0 Å². The van der Waals surface area contributed by atoms with Crippen LogP contribution in [-0.2, 0) is 9.47 Å². The van der Waals surface area contributed by atoms with Gasteiger partial charge in [0.25, 0.3) is 0 Å². The molecule has 2 nitrogen and oxygen atoms in total. The molecule has 2 heteroatoms. The first-order valence-electron chi connectivity index (χ1n) is 5.81. The number of unbranched alkanes of at least 4 members (excludes halogenated alkanes) is 1. The summed E-state index contributed by atoms with van der Waals surface area (Å²) in [6, 6.07) is 0. The van der Waals surface area contributed by atoms with E-state index in [1.165, 1.54) is 12.8 Å². The van der Waals surface area contributed by atoms with Gasteiger partial charge < -0.3 is 9.47 Å². The molecule has 1 fully saturated rings. The average molecular weight is 185 g/mol. The summed E-state index contributed by atoms with van der Waals surface area (Å²) in [5.74, 6) is 0. The van der Waals surface area contributed by atoms with Crippen LogP contribution >= 0.6 is 0 Å². The number of hydrogen-bond donors (Lipinski definition) is 0. The first kappa shape index (κ1) is 9.22.